The summed E-state index contributed by atoms with van der Waals surface area (Å²) in [5.74, 6) is 0.989. The van der Waals surface area contributed by atoms with E-state index in [9.17, 15) is 0 Å². The van der Waals surface area contributed by atoms with E-state index in [2.05, 4.69) is 54.1 Å². The minimum Gasteiger partial charge on any atom is -0.379 e. The number of fused-ring (bicyclic) bond motifs is 1. The Morgan fingerprint density at radius 2 is 1.81 bits per heavy atom. The van der Waals surface area contributed by atoms with Crippen LogP contribution in [0.15, 0.2) is 30.3 Å². The molecule has 0 aliphatic rings. The molecule has 0 radical (unpaired) electrons. The molecule has 0 aliphatic heterocycles. The zero-order valence-corrected chi connectivity index (χ0v) is 17.2. The lowest BCUT2D eigenvalue weighted by molar-refractivity contribution is 0.637. The van der Waals surface area contributed by atoms with Crippen molar-refractivity contribution in [1.82, 2.24) is 14.5 Å². The number of thiocarbonyl (C=S) groups is 1. The van der Waals surface area contributed by atoms with Crippen LogP contribution in [0, 0.1) is 20.8 Å². The number of aromatic nitrogens is 2. The summed E-state index contributed by atoms with van der Waals surface area (Å²) in [6.45, 7) is 7.10. The molecule has 4 nitrogen and oxygen atoms in total. The molecule has 1 aromatic heterocycles. The minimum atomic E-state index is 0.765. The molecule has 26 heavy (non-hydrogen) atoms. The van der Waals surface area contributed by atoms with Gasteiger partial charge in [0.25, 0.3) is 0 Å². The fraction of sp³-hybridized carbons (Fsp3) is 0.333. The van der Waals surface area contributed by atoms with Crippen molar-refractivity contribution in [3.05, 3.63) is 58.4 Å². The van der Waals surface area contributed by atoms with E-state index in [4.69, 9.17) is 17.2 Å². The van der Waals surface area contributed by atoms with Gasteiger partial charge in [0.05, 0.1) is 11.2 Å². The molecule has 136 valence electrons. The van der Waals surface area contributed by atoms with Gasteiger partial charge in [-0.1, -0.05) is 30.4 Å². The second kappa shape index (κ2) is 7.08. The van der Waals surface area contributed by atoms with Crippen molar-refractivity contribution in [2.75, 3.05) is 19.4 Å². The molecule has 0 saturated carbocycles. The molecule has 0 saturated heterocycles. The summed E-state index contributed by atoms with van der Waals surface area (Å²) < 4.78 is 2.11. The van der Waals surface area contributed by atoms with E-state index in [1.807, 2.05) is 33.0 Å². The zero-order valence-electron chi connectivity index (χ0n) is 16.3. The Labute approximate surface area is 160 Å². The molecule has 0 aliphatic carbocycles. The molecule has 3 rings (SSSR count). The summed E-state index contributed by atoms with van der Waals surface area (Å²) in [6, 6.07) is 10.7. The third-order valence-electron chi connectivity index (χ3n) is 4.96. The smallest absolute Gasteiger partial charge is 0.112 e. The van der Waals surface area contributed by atoms with Gasteiger partial charge in [-0.25, -0.2) is 4.98 Å². The second-order valence-electron chi connectivity index (χ2n) is 7.03. The highest BCUT2D eigenvalue weighted by Crippen LogP contribution is 2.27. The van der Waals surface area contributed by atoms with Crippen molar-refractivity contribution in [2.24, 2.45) is 7.05 Å². The monoisotopic (exact) mass is 366 g/mol. The predicted molar refractivity (Wildman–Crippen MR) is 114 cm³/mol. The van der Waals surface area contributed by atoms with Crippen LogP contribution in [0.4, 0.5) is 5.69 Å². The van der Waals surface area contributed by atoms with Gasteiger partial charge in [0.1, 0.15) is 16.3 Å². The number of benzene rings is 2. The lowest BCUT2D eigenvalue weighted by Crippen LogP contribution is -2.20. The summed E-state index contributed by atoms with van der Waals surface area (Å²) in [4.78, 5) is 7.55. The van der Waals surface area contributed by atoms with Gasteiger partial charge in [-0.15, -0.1) is 0 Å². The van der Waals surface area contributed by atoms with E-state index in [1.54, 1.807) is 0 Å². The highest BCUT2D eigenvalue weighted by atomic mass is 32.1. The van der Waals surface area contributed by atoms with Gasteiger partial charge >= 0.3 is 0 Å². The molecular weight excluding hydrogens is 340 g/mol. The number of hydrogen-bond donors (Lipinski definition) is 1. The Balaban J connectivity index is 2.06. The molecule has 0 unspecified atom stereocenters. The molecule has 0 bridgehead atoms. The van der Waals surface area contributed by atoms with Crippen molar-refractivity contribution >= 4 is 33.9 Å². The SMILES string of the molecule is Cc1cccc(C)c1CNc1cc(C(=S)N(C)C)cc2c1nc(C)n2C. The number of imidazole rings is 1. The van der Waals surface area contributed by atoms with Gasteiger partial charge in [-0.05, 0) is 49.6 Å². The Morgan fingerprint density at radius 1 is 1.15 bits per heavy atom. The van der Waals surface area contributed by atoms with Crippen LogP contribution in [0.3, 0.4) is 0 Å². The van der Waals surface area contributed by atoms with E-state index >= 15 is 0 Å². The molecule has 1 N–H and O–H groups in total. The standard InChI is InChI=1S/C21H26N4S/c1-13-8-7-9-14(2)17(13)12-22-18-10-16(21(26)24(4)5)11-19-20(18)23-15(3)25(19)6/h7-11,22H,12H2,1-6H3. The first-order valence-corrected chi connectivity index (χ1v) is 9.18. The van der Waals surface area contributed by atoms with Crippen LogP contribution in [0.25, 0.3) is 11.0 Å². The van der Waals surface area contributed by atoms with Crippen molar-refractivity contribution in [3.8, 4) is 0 Å². The van der Waals surface area contributed by atoms with E-state index in [-0.39, 0.29) is 0 Å². The summed E-state index contributed by atoms with van der Waals surface area (Å²) in [5.41, 5.74) is 8.05. The number of aryl methyl sites for hydroxylation is 4. The van der Waals surface area contributed by atoms with Gasteiger partial charge in [-0.2, -0.15) is 0 Å². The maximum atomic E-state index is 5.60. The fourth-order valence-electron chi connectivity index (χ4n) is 3.23. The maximum absolute atomic E-state index is 5.60. The highest BCUT2D eigenvalue weighted by molar-refractivity contribution is 7.80. The van der Waals surface area contributed by atoms with E-state index in [0.29, 0.717) is 0 Å². The molecule has 2 aromatic carbocycles. The second-order valence-corrected chi connectivity index (χ2v) is 7.42. The normalized spacial score (nSPS) is 11.0. The number of nitrogens with one attached hydrogen (secondary N) is 1. The molecule has 5 heteroatoms. The van der Waals surface area contributed by atoms with E-state index < -0.39 is 0 Å². The van der Waals surface area contributed by atoms with Crippen molar-refractivity contribution in [1.29, 1.82) is 0 Å². The first-order chi connectivity index (χ1) is 12.3. The quantitative estimate of drug-likeness (QED) is 0.696. The molecule has 1 heterocycles. The molecule has 3 aromatic rings. The topological polar surface area (TPSA) is 33.1 Å². The number of anilines is 1. The van der Waals surface area contributed by atoms with E-state index in [1.165, 1.54) is 16.7 Å². The van der Waals surface area contributed by atoms with Crippen LogP contribution in [0.2, 0.25) is 0 Å². The predicted octanol–water partition coefficient (Wildman–Crippen LogP) is 4.35. The minimum absolute atomic E-state index is 0.765. The first-order valence-electron chi connectivity index (χ1n) is 8.77. The van der Waals surface area contributed by atoms with Gasteiger partial charge in [0.2, 0.25) is 0 Å². The third-order valence-corrected chi connectivity index (χ3v) is 5.56. The average Bonchev–Trinajstić information content (AvgIpc) is 2.88. The van der Waals surface area contributed by atoms with Crippen LogP contribution in [0.5, 0.6) is 0 Å². The van der Waals surface area contributed by atoms with Crippen molar-refractivity contribution < 1.29 is 0 Å². The maximum Gasteiger partial charge on any atom is 0.112 e. The fourth-order valence-corrected chi connectivity index (χ4v) is 3.35. The molecule has 0 amide bonds. The first kappa shape index (κ1) is 18.4. The summed E-state index contributed by atoms with van der Waals surface area (Å²) in [7, 11) is 6.00. The summed E-state index contributed by atoms with van der Waals surface area (Å²) in [6.07, 6.45) is 0. The number of nitrogens with zero attached hydrogens (tertiary/aromatic N) is 3. The lowest BCUT2D eigenvalue weighted by Gasteiger charge is -2.17. The van der Waals surface area contributed by atoms with Crippen LogP contribution < -0.4 is 5.32 Å². The van der Waals surface area contributed by atoms with Gasteiger partial charge in [0, 0.05) is 33.3 Å². The van der Waals surface area contributed by atoms with Crippen LogP contribution in [-0.2, 0) is 13.6 Å². The Morgan fingerprint density at radius 3 is 2.42 bits per heavy atom. The van der Waals surface area contributed by atoms with Crippen LogP contribution in [0.1, 0.15) is 28.1 Å². The number of hydrogen-bond acceptors (Lipinski definition) is 3. The van der Waals surface area contributed by atoms with Crippen molar-refractivity contribution in [2.45, 2.75) is 27.3 Å². The van der Waals surface area contributed by atoms with Crippen molar-refractivity contribution in [3.63, 3.8) is 0 Å². The molecular formula is C21H26N4S. The van der Waals surface area contributed by atoms with Gasteiger partial charge < -0.3 is 14.8 Å². The average molecular weight is 367 g/mol. The molecule has 0 spiro atoms. The molecule has 0 fully saturated rings. The largest absolute Gasteiger partial charge is 0.379 e. The van der Waals surface area contributed by atoms with Gasteiger partial charge in [0.15, 0.2) is 0 Å². The third kappa shape index (κ3) is 3.31. The van der Waals surface area contributed by atoms with E-state index in [0.717, 1.165) is 39.6 Å². The summed E-state index contributed by atoms with van der Waals surface area (Å²) >= 11 is 5.60. The van der Waals surface area contributed by atoms with Crippen LogP contribution in [-0.4, -0.2) is 33.5 Å². The Hall–Kier alpha value is -2.40. The Bertz CT molecular complexity index is 965. The highest BCUT2D eigenvalue weighted by Gasteiger charge is 2.14. The lowest BCUT2D eigenvalue weighted by atomic mass is 10.0. The Kier molecular flexibility index (Phi) is 5.01. The zero-order chi connectivity index (χ0) is 19.0. The summed E-state index contributed by atoms with van der Waals surface area (Å²) in [5, 5.41) is 3.61. The number of rotatable bonds is 4. The molecule has 0 atom stereocenters. The van der Waals surface area contributed by atoms with Crippen LogP contribution >= 0.6 is 12.2 Å². The van der Waals surface area contributed by atoms with Gasteiger partial charge in [-0.3, -0.25) is 0 Å².